The summed E-state index contributed by atoms with van der Waals surface area (Å²) in [6, 6.07) is 14.8. The van der Waals surface area contributed by atoms with Gasteiger partial charge in [0.2, 0.25) is 11.8 Å². The maximum absolute atomic E-state index is 12.8. The fourth-order valence-corrected chi connectivity index (χ4v) is 3.66. The minimum Gasteiger partial charge on any atom is -0.495 e. The molecule has 3 rings (SSSR count). The van der Waals surface area contributed by atoms with Crippen LogP contribution in [0.3, 0.4) is 0 Å². The number of anilines is 2. The van der Waals surface area contributed by atoms with Crippen molar-refractivity contribution in [3.63, 3.8) is 0 Å². The highest BCUT2D eigenvalue weighted by Crippen LogP contribution is 2.26. The summed E-state index contributed by atoms with van der Waals surface area (Å²) in [6.45, 7) is 5.22. The average Bonchev–Trinajstić information content (AvgIpc) is 2.74. The number of rotatable bonds is 6. The van der Waals surface area contributed by atoms with Crippen LogP contribution in [-0.4, -0.2) is 43.0 Å². The van der Waals surface area contributed by atoms with Crippen LogP contribution in [0.2, 0.25) is 0 Å². The highest BCUT2D eigenvalue weighted by molar-refractivity contribution is 5.96. The lowest BCUT2D eigenvalue weighted by Crippen LogP contribution is -2.49. The van der Waals surface area contributed by atoms with Crippen molar-refractivity contribution in [3.8, 4) is 5.75 Å². The molecule has 0 radical (unpaired) electrons. The number of para-hydroxylation sites is 1. The fourth-order valence-electron chi connectivity index (χ4n) is 3.66. The fraction of sp³-hybridized carbons (Fsp3) is 0.391. The van der Waals surface area contributed by atoms with Crippen molar-refractivity contribution in [3.05, 3.63) is 54.1 Å². The summed E-state index contributed by atoms with van der Waals surface area (Å²) in [7, 11) is 1.59. The molecule has 2 aromatic rings. The van der Waals surface area contributed by atoms with Crippen molar-refractivity contribution in [2.45, 2.75) is 32.7 Å². The van der Waals surface area contributed by atoms with E-state index in [-0.39, 0.29) is 23.8 Å². The Morgan fingerprint density at radius 3 is 2.62 bits per heavy atom. The van der Waals surface area contributed by atoms with Gasteiger partial charge in [0, 0.05) is 12.2 Å². The number of amides is 2. The molecule has 2 aromatic carbocycles. The minimum absolute atomic E-state index is 0.00821. The Bertz CT molecular complexity index is 854. The molecule has 0 saturated carbocycles. The maximum atomic E-state index is 12.8. The molecular formula is C23H29N3O3. The molecule has 0 aromatic heterocycles. The second-order valence-corrected chi connectivity index (χ2v) is 7.56. The first kappa shape index (κ1) is 20.9. The molecule has 2 unspecified atom stereocenters. The number of carbonyl (C=O) groups excluding carboxylic acids is 2. The van der Waals surface area contributed by atoms with Gasteiger partial charge in [-0.1, -0.05) is 24.3 Å². The largest absolute Gasteiger partial charge is 0.495 e. The number of aryl methyl sites for hydroxylation is 1. The predicted molar refractivity (Wildman–Crippen MR) is 115 cm³/mol. The van der Waals surface area contributed by atoms with E-state index in [0.29, 0.717) is 18.0 Å². The number of nitrogens with zero attached hydrogens (tertiary/aromatic N) is 1. The summed E-state index contributed by atoms with van der Waals surface area (Å²) in [5.74, 6) is 0.412. The molecule has 0 bridgehead atoms. The van der Waals surface area contributed by atoms with Crippen molar-refractivity contribution in [1.29, 1.82) is 0 Å². The molecule has 6 nitrogen and oxygen atoms in total. The van der Waals surface area contributed by atoms with Gasteiger partial charge >= 0.3 is 0 Å². The number of methoxy groups -OCH3 is 1. The Hall–Kier alpha value is -2.86. The Kier molecular flexibility index (Phi) is 6.88. The molecule has 6 heteroatoms. The molecule has 1 fully saturated rings. The number of benzene rings is 2. The van der Waals surface area contributed by atoms with Crippen LogP contribution in [-0.2, 0) is 9.59 Å². The second kappa shape index (κ2) is 9.56. The molecule has 2 amide bonds. The van der Waals surface area contributed by atoms with E-state index in [0.717, 1.165) is 30.6 Å². The molecule has 1 heterocycles. The van der Waals surface area contributed by atoms with Gasteiger partial charge in [-0.3, -0.25) is 14.5 Å². The van der Waals surface area contributed by atoms with Crippen molar-refractivity contribution in [1.82, 2.24) is 4.90 Å². The SMILES string of the molecule is COc1ccc(C)cc1NC(=O)C(C)N1CCCC(C(=O)Nc2ccccc2)C1. The second-order valence-electron chi connectivity index (χ2n) is 7.56. The van der Waals surface area contributed by atoms with Crippen LogP contribution in [0, 0.1) is 12.8 Å². The molecule has 0 spiro atoms. The van der Waals surface area contributed by atoms with E-state index >= 15 is 0 Å². The lowest BCUT2D eigenvalue weighted by Gasteiger charge is -2.35. The monoisotopic (exact) mass is 395 g/mol. The number of piperidine rings is 1. The summed E-state index contributed by atoms with van der Waals surface area (Å²) < 4.78 is 5.35. The van der Waals surface area contributed by atoms with Crippen LogP contribution in [0.5, 0.6) is 5.75 Å². The zero-order valence-corrected chi connectivity index (χ0v) is 17.3. The number of hydrogen-bond acceptors (Lipinski definition) is 4. The van der Waals surface area contributed by atoms with Gasteiger partial charge in [0.15, 0.2) is 0 Å². The van der Waals surface area contributed by atoms with Crippen LogP contribution in [0.1, 0.15) is 25.3 Å². The smallest absolute Gasteiger partial charge is 0.241 e. The number of likely N-dealkylation sites (tertiary alicyclic amines) is 1. The first-order valence-corrected chi connectivity index (χ1v) is 10.0. The Balaban J connectivity index is 1.61. The van der Waals surface area contributed by atoms with Gasteiger partial charge in [-0.2, -0.15) is 0 Å². The van der Waals surface area contributed by atoms with Gasteiger partial charge < -0.3 is 15.4 Å². The third-order valence-electron chi connectivity index (χ3n) is 5.40. The molecule has 2 atom stereocenters. The van der Waals surface area contributed by atoms with Crippen LogP contribution in [0.4, 0.5) is 11.4 Å². The zero-order valence-electron chi connectivity index (χ0n) is 17.3. The van der Waals surface area contributed by atoms with Crippen LogP contribution < -0.4 is 15.4 Å². The maximum Gasteiger partial charge on any atom is 0.241 e. The summed E-state index contributed by atoms with van der Waals surface area (Å²) in [5.41, 5.74) is 2.51. The highest BCUT2D eigenvalue weighted by atomic mass is 16.5. The molecular weight excluding hydrogens is 366 g/mol. The van der Waals surface area contributed by atoms with E-state index in [1.807, 2.05) is 62.4 Å². The van der Waals surface area contributed by atoms with Crippen LogP contribution >= 0.6 is 0 Å². The first-order valence-electron chi connectivity index (χ1n) is 10.0. The Morgan fingerprint density at radius 2 is 1.90 bits per heavy atom. The summed E-state index contributed by atoms with van der Waals surface area (Å²) in [4.78, 5) is 27.6. The molecule has 0 aliphatic carbocycles. The first-order chi connectivity index (χ1) is 14.0. The molecule has 154 valence electrons. The van der Waals surface area contributed by atoms with Gasteiger partial charge in [-0.15, -0.1) is 0 Å². The summed E-state index contributed by atoms with van der Waals surface area (Å²) in [6.07, 6.45) is 1.72. The average molecular weight is 396 g/mol. The third kappa shape index (κ3) is 5.35. The Morgan fingerprint density at radius 1 is 1.14 bits per heavy atom. The summed E-state index contributed by atoms with van der Waals surface area (Å²) in [5, 5.41) is 5.96. The van der Waals surface area contributed by atoms with E-state index in [4.69, 9.17) is 4.74 Å². The van der Waals surface area contributed by atoms with Crippen molar-refractivity contribution in [2.24, 2.45) is 5.92 Å². The zero-order chi connectivity index (χ0) is 20.8. The summed E-state index contributed by atoms with van der Waals surface area (Å²) >= 11 is 0. The topological polar surface area (TPSA) is 70.7 Å². The number of ether oxygens (including phenoxy) is 1. The molecule has 29 heavy (non-hydrogen) atoms. The number of carbonyl (C=O) groups is 2. The molecule has 1 saturated heterocycles. The highest BCUT2D eigenvalue weighted by Gasteiger charge is 2.31. The van der Waals surface area contributed by atoms with Gasteiger partial charge in [0.05, 0.1) is 24.8 Å². The predicted octanol–water partition coefficient (Wildman–Crippen LogP) is 3.68. The number of hydrogen-bond donors (Lipinski definition) is 2. The Labute approximate surface area is 172 Å². The standard InChI is InChI=1S/C23H29N3O3/c1-16-11-12-21(29-3)20(14-16)25-22(27)17(2)26-13-7-8-18(15-26)23(28)24-19-9-5-4-6-10-19/h4-6,9-12,14,17-18H,7-8,13,15H2,1-3H3,(H,24,28)(H,25,27). The lowest BCUT2D eigenvalue weighted by molar-refractivity contribution is -0.125. The number of nitrogens with one attached hydrogen (secondary N) is 2. The lowest BCUT2D eigenvalue weighted by atomic mass is 9.95. The van der Waals surface area contributed by atoms with Gasteiger partial charge in [0.25, 0.3) is 0 Å². The van der Waals surface area contributed by atoms with Crippen LogP contribution in [0.15, 0.2) is 48.5 Å². The third-order valence-corrected chi connectivity index (χ3v) is 5.40. The molecule has 2 N–H and O–H groups in total. The molecule has 1 aliphatic rings. The van der Waals surface area contributed by atoms with E-state index in [1.54, 1.807) is 7.11 Å². The van der Waals surface area contributed by atoms with Crippen molar-refractivity contribution < 1.29 is 14.3 Å². The van der Waals surface area contributed by atoms with Gasteiger partial charge in [0.1, 0.15) is 5.75 Å². The van der Waals surface area contributed by atoms with Crippen LogP contribution in [0.25, 0.3) is 0 Å². The van der Waals surface area contributed by atoms with Gasteiger partial charge in [-0.05, 0) is 63.1 Å². The van der Waals surface area contributed by atoms with Crippen molar-refractivity contribution in [2.75, 3.05) is 30.8 Å². The minimum atomic E-state index is -0.340. The van der Waals surface area contributed by atoms with E-state index in [2.05, 4.69) is 15.5 Å². The quantitative estimate of drug-likeness (QED) is 0.783. The normalized spacial score (nSPS) is 18.0. The van der Waals surface area contributed by atoms with E-state index < -0.39 is 0 Å². The van der Waals surface area contributed by atoms with E-state index in [9.17, 15) is 9.59 Å². The van der Waals surface area contributed by atoms with Crippen molar-refractivity contribution >= 4 is 23.2 Å². The molecule has 1 aliphatic heterocycles. The van der Waals surface area contributed by atoms with Gasteiger partial charge in [-0.25, -0.2) is 0 Å². The van der Waals surface area contributed by atoms with E-state index in [1.165, 1.54) is 0 Å².